The van der Waals surface area contributed by atoms with Gasteiger partial charge >= 0.3 is 0 Å². The first-order chi connectivity index (χ1) is 21.5. The summed E-state index contributed by atoms with van der Waals surface area (Å²) in [5, 5.41) is 20.9. The number of rotatable bonds is 9. The first-order valence-corrected chi connectivity index (χ1v) is 14.8. The number of pyridine rings is 1. The van der Waals surface area contributed by atoms with Crippen molar-refractivity contribution in [3.63, 3.8) is 0 Å². The maximum atomic E-state index is 14.0. The van der Waals surface area contributed by atoms with Crippen LogP contribution in [0.15, 0.2) is 79.3 Å². The fourth-order valence-electron chi connectivity index (χ4n) is 6.76. The molecule has 2 aromatic carbocycles. The summed E-state index contributed by atoms with van der Waals surface area (Å²) in [4.78, 5) is 35.6. The quantitative estimate of drug-likeness (QED) is 0.221. The SMILES string of the molecule is COc1ccc(-n2cnnn2)cc1C(=O)N1CCC(CCN2CCC(C(=O)NO)(c3ccccn3)CC2)(c2ccccc2)C1. The molecule has 2 amide bonds. The summed E-state index contributed by atoms with van der Waals surface area (Å²) < 4.78 is 7.09. The van der Waals surface area contributed by atoms with Crippen molar-refractivity contribution in [2.75, 3.05) is 39.8 Å². The highest BCUT2D eigenvalue weighted by Gasteiger charge is 2.46. The third-order valence-electron chi connectivity index (χ3n) is 9.36. The Morgan fingerprint density at radius 2 is 1.80 bits per heavy atom. The van der Waals surface area contributed by atoms with Gasteiger partial charge in [-0.1, -0.05) is 36.4 Å². The number of methoxy groups -OCH3 is 1. The minimum absolute atomic E-state index is 0.0947. The number of piperidine rings is 1. The molecular weight excluding hydrogens is 560 g/mol. The monoisotopic (exact) mass is 596 g/mol. The van der Waals surface area contributed by atoms with Crippen molar-refractivity contribution in [3.05, 3.63) is 96.1 Å². The van der Waals surface area contributed by atoms with E-state index in [2.05, 4.69) is 49.7 Å². The van der Waals surface area contributed by atoms with E-state index in [0.29, 0.717) is 61.7 Å². The number of carbonyl (C=O) groups is 2. The number of carbonyl (C=O) groups excluding carboxylic acids is 2. The van der Waals surface area contributed by atoms with Crippen molar-refractivity contribution in [2.24, 2.45) is 0 Å². The summed E-state index contributed by atoms with van der Waals surface area (Å²) in [6.07, 6.45) is 5.96. The molecule has 12 nitrogen and oxygen atoms in total. The number of likely N-dealkylation sites (tertiary alicyclic amines) is 2. The molecule has 0 saturated carbocycles. The number of nitrogens with one attached hydrogen (secondary N) is 1. The van der Waals surface area contributed by atoms with Gasteiger partial charge < -0.3 is 14.5 Å². The molecule has 4 heterocycles. The molecule has 2 fully saturated rings. The summed E-state index contributed by atoms with van der Waals surface area (Å²) in [6, 6.07) is 21.3. The molecule has 1 atom stereocenters. The van der Waals surface area contributed by atoms with Crippen LogP contribution in [0.4, 0.5) is 0 Å². The maximum Gasteiger partial charge on any atom is 0.257 e. The van der Waals surface area contributed by atoms with Crippen LogP contribution in [-0.4, -0.2) is 91.8 Å². The van der Waals surface area contributed by atoms with E-state index in [1.807, 2.05) is 40.7 Å². The Morgan fingerprint density at radius 3 is 2.48 bits per heavy atom. The number of hydroxylamine groups is 1. The van der Waals surface area contributed by atoms with Gasteiger partial charge in [0.2, 0.25) is 0 Å². The Labute approximate surface area is 255 Å². The van der Waals surface area contributed by atoms with E-state index in [4.69, 9.17) is 4.74 Å². The number of aromatic nitrogens is 5. The minimum atomic E-state index is -0.865. The van der Waals surface area contributed by atoms with Crippen molar-refractivity contribution in [1.82, 2.24) is 40.5 Å². The molecule has 2 aliphatic rings. The number of ether oxygens (including phenoxy) is 1. The normalized spacial score (nSPS) is 19.9. The van der Waals surface area contributed by atoms with Crippen LogP contribution >= 0.6 is 0 Å². The van der Waals surface area contributed by atoms with Gasteiger partial charge in [-0.05, 0) is 91.6 Å². The zero-order valence-corrected chi connectivity index (χ0v) is 24.7. The molecule has 0 aliphatic carbocycles. The van der Waals surface area contributed by atoms with E-state index in [1.54, 1.807) is 25.4 Å². The Balaban J connectivity index is 1.19. The predicted molar refractivity (Wildman–Crippen MR) is 160 cm³/mol. The Morgan fingerprint density at radius 1 is 1.00 bits per heavy atom. The average Bonchev–Trinajstić information content (AvgIpc) is 3.79. The van der Waals surface area contributed by atoms with Gasteiger partial charge in [0.05, 0.1) is 29.5 Å². The molecule has 2 aliphatic heterocycles. The second-order valence-electron chi connectivity index (χ2n) is 11.6. The van der Waals surface area contributed by atoms with E-state index in [0.717, 1.165) is 19.4 Å². The molecule has 2 saturated heterocycles. The number of benzene rings is 2. The van der Waals surface area contributed by atoms with Crippen molar-refractivity contribution < 1.29 is 19.5 Å². The van der Waals surface area contributed by atoms with Crippen LogP contribution in [0.1, 0.15) is 47.3 Å². The zero-order chi connectivity index (χ0) is 30.6. The molecule has 2 N–H and O–H groups in total. The Kier molecular flexibility index (Phi) is 8.36. The molecule has 2 aromatic heterocycles. The van der Waals surface area contributed by atoms with Gasteiger partial charge in [0, 0.05) is 24.7 Å². The van der Waals surface area contributed by atoms with Gasteiger partial charge in [0.15, 0.2) is 0 Å². The lowest BCUT2D eigenvalue weighted by molar-refractivity contribution is -0.137. The molecule has 4 aromatic rings. The zero-order valence-electron chi connectivity index (χ0n) is 24.7. The molecule has 12 heteroatoms. The van der Waals surface area contributed by atoms with E-state index in [9.17, 15) is 14.8 Å². The van der Waals surface area contributed by atoms with Crippen LogP contribution < -0.4 is 10.2 Å². The summed E-state index contributed by atoms with van der Waals surface area (Å²) >= 11 is 0. The van der Waals surface area contributed by atoms with Crippen molar-refractivity contribution in [2.45, 2.75) is 36.5 Å². The minimum Gasteiger partial charge on any atom is -0.496 e. The molecule has 6 rings (SSSR count). The Hall–Kier alpha value is -4.68. The fourth-order valence-corrected chi connectivity index (χ4v) is 6.76. The molecule has 0 radical (unpaired) electrons. The van der Waals surface area contributed by atoms with Crippen LogP contribution in [0, 0.1) is 0 Å². The highest BCUT2D eigenvalue weighted by atomic mass is 16.5. The number of hydrogen-bond acceptors (Lipinski definition) is 9. The maximum absolute atomic E-state index is 14.0. The van der Waals surface area contributed by atoms with Crippen molar-refractivity contribution in [3.8, 4) is 11.4 Å². The second-order valence-corrected chi connectivity index (χ2v) is 11.6. The molecule has 228 valence electrons. The lowest BCUT2D eigenvalue weighted by atomic mass is 9.73. The summed E-state index contributed by atoms with van der Waals surface area (Å²) in [5.41, 5.74) is 3.83. The lowest BCUT2D eigenvalue weighted by Crippen LogP contribution is -2.52. The first-order valence-electron chi connectivity index (χ1n) is 14.8. The third kappa shape index (κ3) is 5.53. The van der Waals surface area contributed by atoms with Crippen LogP contribution in [0.2, 0.25) is 0 Å². The summed E-state index contributed by atoms with van der Waals surface area (Å²) in [7, 11) is 1.56. The van der Waals surface area contributed by atoms with Crippen LogP contribution in [-0.2, 0) is 15.6 Å². The number of hydrogen-bond donors (Lipinski definition) is 2. The average molecular weight is 597 g/mol. The van der Waals surface area contributed by atoms with Gasteiger partial charge in [-0.15, -0.1) is 5.10 Å². The first kappa shape index (κ1) is 29.4. The number of tetrazole rings is 1. The Bertz CT molecular complexity index is 1580. The lowest BCUT2D eigenvalue weighted by Gasteiger charge is -2.41. The summed E-state index contributed by atoms with van der Waals surface area (Å²) in [5.74, 6) is -0.00972. The fraction of sp³-hybridized carbons (Fsp3) is 0.375. The smallest absolute Gasteiger partial charge is 0.257 e. The van der Waals surface area contributed by atoms with E-state index in [-0.39, 0.29) is 11.3 Å². The van der Waals surface area contributed by atoms with E-state index in [1.165, 1.54) is 16.6 Å². The largest absolute Gasteiger partial charge is 0.496 e. The highest BCUT2D eigenvalue weighted by Crippen LogP contribution is 2.40. The second kappa shape index (κ2) is 12.5. The topological polar surface area (TPSA) is 139 Å². The van der Waals surface area contributed by atoms with Gasteiger partial charge in [0.1, 0.15) is 12.1 Å². The van der Waals surface area contributed by atoms with E-state index >= 15 is 0 Å². The molecule has 0 spiro atoms. The predicted octanol–water partition coefficient (Wildman–Crippen LogP) is 2.78. The van der Waals surface area contributed by atoms with Crippen molar-refractivity contribution in [1.29, 1.82) is 0 Å². The van der Waals surface area contributed by atoms with Gasteiger partial charge in [0.25, 0.3) is 11.8 Å². The standard InChI is InChI=1S/C32H36N8O4/c1-44-27-11-10-25(40-23-34-36-37-40)21-26(27)29(41)39-20-13-31(22-39,24-7-3-2-4-8-24)12-17-38-18-14-32(15-19-38,30(42)35-43)28-9-5-6-16-33-28/h2-11,16,21,23,43H,12-15,17-20,22H2,1H3,(H,35,42). The van der Waals surface area contributed by atoms with Gasteiger partial charge in [-0.25, -0.2) is 10.2 Å². The molecule has 1 unspecified atom stereocenters. The van der Waals surface area contributed by atoms with Gasteiger partial charge in [-0.3, -0.25) is 19.8 Å². The van der Waals surface area contributed by atoms with Crippen molar-refractivity contribution >= 4 is 11.8 Å². The molecular formula is C32H36N8O4. The highest BCUT2D eigenvalue weighted by molar-refractivity contribution is 5.98. The van der Waals surface area contributed by atoms with Crippen LogP contribution in [0.3, 0.4) is 0 Å². The van der Waals surface area contributed by atoms with Crippen LogP contribution in [0.5, 0.6) is 5.75 Å². The third-order valence-corrected chi connectivity index (χ3v) is 9.36. The number of nitrogens with zero attached hydrogens (tertiary/aromatic N) is 7. The number of amides is 2. The van der Waals surface area contributed by atoms with Crippen LogP contribution in [0.25, 0.3) is 5.69 Å². The molecule has 0 bridgehead atoms. The molecule has 44 heavy (non-hydrogen) atoms. The van der Waals surface area contributed by atoms with Gasteiger partial charge in [-0.2, -0.15) is 0 Å². The summed E-state index contributed by atoms with van der Waals surface area (Å²) in [6.45, 7) is 3.39. The van der Waals surface area contributed by atoms with E-state index < -0.39 is 11.3 Å².